The van der Waals surface area contributed by atoms with Crippen LogP contribution in [0.1, 0.15) is 43.4 Å². The third-order valence-electron chi connectivity index (χ3n) is 5.17. The van der Waals surface area contributed by atoms with Gasteiger partial charge in [0, 0.05) is 23.6 Å². The van der Waals surface area contributed by atoms with Crippen molar-refractivity contribution in [3.63, 3.8) is 0 Å². The van der Waals surface area contributed by atoms with Gasteiger partial charge in [-0.15, -0.1) is 11.3 Å². The Morgan fingerprint density at radius 1 is 1.32 bits per heavy atom. The molecule has 0 amide bonds. The minimum absolute atomic E-state index is 0.133. The lowest BCUT2D eigenvalue weighted by atomic mass is 9.89. The monoisotopic (exact) mass is 412 g/mol. The number of hydrogen-bond donors (Lipinski definition) is 4. The Labute approximate surface area is 168 Å². The van der Waals surface area contributed by atoms with Gasteiger partial charge in [0.05, 0.1) is 18.3 Å². The first-order chi connectivity index (χ1) is 13.4. The molecule has 1 aliphatic rings. The van der Waals surface area contributed by atoms with Gasteiger partial charge in [-0.25, -0.2) is 4.39 Å². The SMILES string of the molecule is O=C(O)CCCC=CC[C@@H]1[C@@H](C=C[C@@H](O)CCc2sccc2F)[C@H](O)C[C@@H]1O. The summed E-state index contributed by atoms with van der Waals surface area (Å²) in [6.45, 7) is 0. The largest absolute Gasteiger partial charge is 0.481 e. The maximum atomic E-state index is 13.4. The van der Waals surface area contributed by atoms with Gasteiger partial charge >= 0.3 is 5.97 Å². The molecule has 0 saturated heterocycles. The Balaban J connectivity index is 1.82. The van der Waals surface area contributed by atoms with E-state index in [1.165, 1.54) is 17.4 Å². The third kappa shape index (κ3) is 7.13. The number of thiophene rings is 1. The van der Waals surface area contributed by atoms with Crippen LogP contribution in [0.2, 0.25) is 0 Å². The third-order valence-corrected chi connectivity index (χ3v) is 6.12. The number of halogens is 1. The summed E-state index contributed by atoms with van der Waals surface area (Å²) in [6, 6.07) is 1.41. The molecule has 0 aromatic carbocycles. The summed E-state index contributed by atoms with van der Waals surface area (Å²) < 4.78 is 13.4. The van der Waals surface area contributed by atoms with Crippen LogP contribution in [0.15, 0.2) is 35.8 Å². The summed E-state index contributed by atoms with van der Waals surface area (Å²) in [4.78, 5) is 11.1. The molecule has 0 spiro atoms. The van der Waals surface area contributed by atoms with Crippen molar-refractivity contribution >= 4 is 17.3 Å². The van der Waals surface area contributed by atoms with Crippen molar-refractivity contribution in [3.8, 4) is 0 Å². The van der Waals surface area contributed by atoms with E-state index in [2.05, 4.69) is 0 Å². The Kier molecular flexibility index (Phi) is 9.31. The van der Waals surface area contributed by atoms with Gasteiger partial charge in [0.2, 0.25) is 0 Å². The lowest BCUT2D eigenvalue weighted by Crippen LogP contribution is -2.20. The molecule has 5 nitrogen and oxygen atoms in total. The molecular weight excluding hydrogens is 383 g/mol. The van der Waals surface area contributed by atoms with Crippen LogP contribution in [0.5, 0.6) is 0 Å². The smallest absolute Gasteiger partial charge is 0.303 e. The topological polar surface area (TPSA) is 98.0 Å². The van der Waals surface area contributed by atoms with Crippen LogP contribution in [0, 0.1) is 17.7 Å². The summed E-state index contributed by atoms with van der Waals surface area (Å²) in [6.07, 6.45) is 8.28. The van der Waals surface area contributed by atoms with Gasteiger partial charge in [-0.05, 0) is 49.5 Å². The number of unbranched alkanes of at least 4 members (excludes halogenated alkanes) is 1. The Morgan fingerprint density at radius 3 is 2.79 bits per heavy atom. The summed E-state index contributed by atoms with van der Waals surface area (Å²) in [7, 11) is 0. The van der Waals surface area contributed by atoms with Crippen molar-refractivity contribution in [1.82, 2.24) is 0 Å². The highest BCUT2D eigenvalue weighted by Gasteiger charge is 2.39. The van der Waals surface area contributed by atoms with E-state index in [0.29, 0.717) is 43.4 Å². The Morgan fingerprint density at radius 2 is 2.11 bits per heavy atom. The molecular formula is C21H29FO5S. The summed E-state index contributed by atoms with van der Waals surface area (Å²) in [5, 5.41) is 40.9. The summed E-state index contributed by atoms with van der Waals surface area (Å²) in [5.74, 6) is -1.46. The van der Waals surface area contributed by atoms with Crippen molar-refractivity contribution < 1.29 is 29.6 Å². The first-order valence-corrected chi connectivity index (χ1v) is 10.6. The van der Waals surface area contributed by atoms with Crippen LogP contribution in [0.4, 0.5) is 4.39 Å². The van der Waals surface area contributed by atoms with Crippen LogP contribution in [0.25, 0.3) is 0 Å². The maximum absolute atomic E-state index is 13.4. The number of hydrogen-bond acceptors (Lipinski definition) is 5. The van der Waals surface area contributed by atoms with Gasteiger partial charge in [0.1, 0.15) is 5.82 Å². The summed E-state index contributed by atoms with van der Waals surface area (Å²) in [5.41, 5.74) is 0. The molecule has 5 atom stereocenters. The van der Waals surface area contributed by atoms with E-state index in [0.717, 1.165) is 0 Å². The quantitative estimate of drug-likeness (QED) is 0.330. The van der Waals surface area contributed by atoms with Crippen molar-refractivity contribution in [2.45, 2.75) is 63.3 Å². The zero-order valence-corrected chi connectivity index (χ0v) is 16.6. The number of carbonyl (C=O) groups is 1. The Hall–Kier alpha value is -1.54. The van der Waals surface area contributed by atoms with Gasteiger partial charge in [-0.2, -0.15) is 0 Å². The molecule has 0 bridgehead atoms. The molecule has 7 heteroatoms. The van der Waals surface area contributed by atoms with Gasteiger partial charge in [-0.1, -0.05) is 24.3 Å². The highest BCUT2D eigenvalue weighted by atomic mass is 32.1. The van der Waals surface area contributed by atoms with Crippen LogP contribution < -0.4 is 0 Å². The minimum atomic E-state index is -0.812. The zero-order chi connectivity index (χ0) is 20.5. The van der Waals surface area contributed by atoms with E-state index in [-0.39, 0.29) is 24.1 Å². The second-order valence-corrected chi connectivity index (χ2v) is 8.29. The van der Waals surface area contributed by atoms with E-state index >= 15 is 0 Å². The first kappa shape index (κ1) is 22.7. The predicted octanol–water partition coefficient (Wildman–Crippen LogP) is 3.30. The van der Waals surface area contributed by atoms with E-state index < -0.39 is 24.3 Å². The lowest BCUT2D eigenvalue weighted by Gasteiger charge is -2.19. The first-order valence-electron chi connectivity index (χ1n) is 9.69. The van der Waals surface area contributed by atoms with E-state index in [4.69, 9.17) is 5.11 Å². The van der Waals surface area contributed by atoms with Gasteiger partial charge < -0.3 is 20.4 Å². The molecule has 28 heavy (non-hydrogen) atoms. The normalized spacial score (nSPS) is 26.4. The van der Waals surface area contributed by atoms with Crippen LogP contribution >= 0.6 is 11.3 Å². The number of carboxylic acids is 1. The fraction of sp³-hybridized carbons (Fsp3) is 0.571. The predicted molar refractivity (Wildman–Crippen MR) is 107 cm³/mol. The number of aliphatic hydroxyl groups is 3. The Bertz CT molecular complexity index is 672. The van der Waals surface area contributed by atoms with Gasteiger partial charge in [0.15, 0.2) is 0 Å². The highest BCUT2D eigenvalue weighted by molar-refractivity contribution is 7.09. The molecule has 2 rings (SSSR count). The second-order valence-electron chi connectivity index (χ2n) is 7.29. The van der Waals surface area contributed by atoms with Crippen LogP contribution in [-0.2, 0) is 11.2 Å². The van der Waals surface area contributed by atoms with Crippen molar-refractivity contribution in [2.75, 3.05) is 0 Å². The number of allylic oxidation sites excluding steroid dienone is 2. The minimum Gasteiger partial charge on any atom is -0.481 e. The molecule has 4 N–H and O–H groups in total. The van der Waals surface area contributed by atoms with Gasteiger partial charge in [-0.3, -0.25) is 4.79 Å². The fourth-order valence-corrected chi connectivity index (χ4v) is 4.35. The van der Waals surface area contributed by atoms with Crippen LogP contribution in [0.3, 0.4) is 0 Å². The van der Waals surface area contributed by atoms with Crippen molar-refractivity contribution in [2.24, 2.45) is 11.8 Å². The molecule has 1 heterocycles. The number of carboxylic acid groups (broad SMARTS) is 1. The zero-order valence-electron chi connectivity index (χ0n) is 15.8. The van der Waals surface area contributed by atoms with Crippen LogP contribution in [-0.4, -0.2) is 44.7 Å². The van der Waals surface area contributed by atoms with Crippen molar-refractivity contribution in [3.05, 3.63) is 46.4 Å². The molecule has 1 saturated carbocycles. The van der Waals surface area contributed by atoms with E-state index in [1.54, 1.807) is 17.5 Å². The van der Waals surface area contributed by atoms with Gasteiger partial charge in [0.25, 0.3) is 0 Å². The molecule has 1 aliphatic carbocycles. The van der Waals surface area contributed by atoms with E-state index in [1.807, 2.05) is 12.2 Å². The molecule has 1 fully saturated rings. The lowest BCUT2D eigenvalue weighted by molar-refractivity contribution is -0.137. The molecule has 156 valence electrons. The molecule has 1 aromatic rings. The maximum Gasteiger partial charge on any atom is 0.303 e. The fourth-order valence-electron chi connectivity index (χ4n) is 3.58. The molecule has 0 aliphatic heterocycles. The highest BCUT2D eigenvalue weighted by Crippen LogP contribution is 2.36. The summed E-state index contributed by atoms with van der Waals surface area (Å²) >= 11 is 1.33. The number of aliphatic hydroxyl groups excluding tert-OH is 3. The molecule has 0 unspecified atom stereocenters. The average Bonchev–Trinajstić information content (AvgIpc) is 3.16. The molecule has 0 radical (unpaired) electrons. The number of aryl methyl sites for hydroxylation is 1. The van der Waals surface area contributed by atoms with E-state index in [9.17, 15) is 24.5 Å². The average molecular weight is 413 g/mol. The van der Waals surface area contributed by atoms with Crippen molar-refractivity contribution in [1.29, 1.82) is 0 Å². The molecule has 1 aromatic heterocycles. The number of aliphatic carboxylic acids is 1. The second kappa shape index (κ2) is 11.5. The standard InChI is InChI=1S/C21H29FO5S/c22-17-11-12-28-20(17)10-8-14(23)7-9-16-15(18(24)13-19(16)25)5-3-1-2-4-6-21(26)27/h1,3,7,9,11-12,14-16,18-19,23-25H,2,4-6,8,10,13H2,(H,26,27)/t14-,15-,16-,18+,19-/m1/s1. The number of rotatable bonds is 11.